The maximum Gasteiger partial charge on any atom is 0.319 e. The molecule has 0 fully saturated rings. The number of aromatic nitrogens is 1. The number of nitrogens with zero attached hydrogens (tertiary/aromatic N) is 1. The van der Waals surface area contributed by atoms with Crippen molar-refractivity contribution >= 4 is 28.3 Å². The number of hydrogen-bond donors (Lipinski definition) is 3. The van der Waals surface area contributed by atoms with Crippen LogP contribution < -0.4 is 20.3 Å². The van der Waals surface area contributed by atoms with Crippen LogP contribution >= 0.6 is 0 Å². The maximum atomic E-state index is 12.8. The number of benzene rings is 3. The molecule has 0 saturated heterocycles. The van der Waals surface area contributed by atoms with Gasteiger partial charge in [-0.15, -0.1) is 6.58 Å². The Balaban J connectivity index is 1.34. The molecule has 3 N–H and O–H groups in total. The fraction of sp³-hybridized carbons (Fsp3) is 0.179. The number of H-pyrrole nitrogens is 1. The monoisotopic (exact) mass is 452 g/mol. The lowest BCUT2D eigenvalue weighted by molar-refractivity contribution is 0.248. The van der Waals surface area contributed by atoms with Crippen LogP contribution in [0.25, 0.3) is 10.9 Å². The van der Waals surface area contributed by atoms with Crippen molar-refractivity contribution in [3.8, 4) is 5.75 Å². The minimum Gasteiger partial charge on any atom is -0.490 e. The minimum absolute atomic E-state index is 0.211. The molecule has 5 rings (SSSR count). The number of hydrogen-bond acceptors (Lipinski definition) is 3. The van der Waals surface area contributed by atoms with Crippen molar-refractivity contribution < 1.29 is 9.53 Å². The number of fused-ring (bicyclic) bond motifs is 2. The summed E-state index contributed by atoms with van der Waals surface area (Å²) in [6.45, 7) is 6.17. The molecule has 1 atom stereocenters. The van der Waals surface area contributed by atoms with Crippen LogP contribution in [0.2, 0.25) is 0 Å². The normalized spacial score (nSPS) is 13.6. The third-order valence-electron chi connectivity index (χ3n) is 6.08. The zero-order valence-corrected chi connectivity index (χ0v) is 19.0. The van der Waals surface area contributed by atoms with E-state index in [9.17, 15) is 4.79 Å². The summed E-state index contributed by atoms with van der Waals surface area (Å²) in [7, 11) is 0. The van der Waals surface area contributed by atoms with E-state index in [-0.39, 0.29) is 12.1 Å². The van der Waals surface area contributed by atoms with Crippen molar-refractivity contribution in [3.05, 3.63) is 103 Å². The first-order valence-electron chi connectivity index (χ1n) is 11.5. The van der Waals surface area contributed by atoms with Gasteiger partial charge in [0, 0.05) is 23.9 Å². The van der Waals surface area contributed by atoms with Crippen molar-refractivity contribution in [3.63, 3.8) is 0 Å². The van der Waals surface area contributed by atoms with Crippen LogP contribution in [0.5, 0.6) is 5.75 Å². The molecule has 3 aromatic carbocycles. The van der Waals surface area contributed by atoms with Crippen molar-refractivity contribution in [1.29, 1.82) is 0 Å². The van der Waals surface area contributed by atoms with E-state index in [2.05, 4.69) is 57.4 Å². The molecular weight excluding hydrogens is 424 g/mol. The summed E-state index contributed by atoms with van der Waals surface area (Å²) < 4.78 is 5.91. The van der Waals surface area contributed by atoms with Gasteiger partial charge < -0.3 is 25.3 Å². The molecule has 0 spiro atoms. The summed E-state index contributed by atoms with van der Waals surface area (Å²) in [5.74, 6) is 0.868. The summed E-state index contributed by atoms with van der Waals surface area (Å²) >= 11 is 0. The summed E-state index contributed by atoms with van der Waals surface area (Å²) in [5, 5.41) is 7.16. The predicted octanol–water partition coefficient (Wildman–Crippen LogP) is 6.01. The number of aromatic amines is 1. The number of rotatable bonds is 7. The molecule has 0 radical (unpaired) electrons. The van der Waals surface area contributed by atoms with Gasteiger partial charge in [0.15, 0.2) is 0 Å². The van der Waals surface area contributed by atoms with E-state index >= 15 is 0 Å². The summed E-state index contributed by atoms with van der Waals surface area (Å²) in [6.07, 6.45) is 4.32. The lowest BCUT2D eigenvalue weighted by atomic mass is 10.0. The second-order valence-corrected chi connectivity index (χ2v) is 8.44. The molecule has 1 aromatic heterocycles. The first kappa shape index (κ1) is 21.6. The first-order chi connectivity index (χ1) is 16.7. The van der Waals surface area contributed by atoms with Crippen molar-refractivity contribution in [2.45, 2.75) is 19.0 Å². The van der Waals surface area contributed by atoms with E-state index in [1.807, 2.05) is 54.7 Å². The number of carbonyl (C=O) groups excluding carboxylic acids is 1. The van der Waals surface area contributed by atoms with Crippen LogP contribution in [0.15, 0.2) is 91.6 Å². The second kappa shape index (κ2) is 9.75. The largest absolute Gasteiger partial charge is 0.490 e. The molecule has 34 heavy (non-hydrogen) atoms. The van der Waals surface area contributed by atoms with Gasteiger partial charge in [-0.3, -0.25) is 0 Å². The number of amides is 2. The molecule has 0 aliphatic carbocycles. The molecular formula is C28H28N4O2. The fourth-order valence-corrected chi connectivity index (χ4v) is 4.37. The van der Waals surface area contributed by atoms with E-state index in [1.54, 1.807) is 0 Å². The van der Waals surface area contributed by atoms with Gasteiger partial charge in [0.05, 0.1) is 18.3 Å². The predicted molar refractivity (Wildman–Crippen MR) is 137 cm³/mol. The van der Waals surface area contributed by atoms with Crippen molar-refractivity contribution in [1.82, 2.24) is 10.3 Å². The van der Waals surface area contributed by atoms with Gasteiger partial charge in [-0.1, -0.05) is 48.5 Å². The van der Waals surface area contributed by atoms with E-state index in [1.165, 1.54) is 5.56 Å². The Morgan fingerprint density at radius 3 is 2.85 bits per heavy atom. The van der Waals surface area contributed by atoms with Gasteiger partial charge in [0.2, 0.25) is 0 Å². The molecule has 1 aliphatic rings. The molecule has 2 amide bonds. The van der Waals surface area contributed by atoms with Crippen molar-refractivity contribution in [2.75, 3.05) is 23.4 Å². The van der Waals surface area contributed by atoms with E-state index in [0.717, 1.165) is 46.7 Å². The number of anilines is 2. The van der Waals surface area contributed by atoms with Gasteiger partial charge in [-0.25, -0.2) is 4.79 Å². The van der Waals surface area contributed by atoms with E-state index in [4.69, 9.17) is 4.74 Å². The highest BCUT2D eigenvalue weighted by Gasteiger charge is 2.22. The average Bonchev–Trinajstić information content (AvgIpc) is 3.32. The van der Waals surface area contributed by atoms with Gasteiger partial charge >= 0.3 is 6.03 Å². The Hall–Kier alpha value is -4.19. The topological polar surface area (TPSA) is 69.4 Å². The van der Waals surface area contributed by atoms with Crippen LogP contribution in [-0.4, -0.2) is 24.2 Å². The highest BCUT2D eigenvalue weighted by molar-refractivity contribution is 5.92. The SMILES string of the molecule is C=CCC(NC(=O)Nc1ccc2cc[nH]c2c1)c1ccc2c(c1)N(Cc1ccccc1)CCO2. The van der Waals surface area contributed by atoms with Crippen molar-refractivity contribution in [2.24, 2.45) is 0 Å². The second-order valence-electron chi connectivity index (χ2n) is 8.44. The Morgan fingerprint density at radius 2 is 2.00 bits per heavy atom. The van der Waals surface area contributed by atoms with Crippen LogP contribution in [0.3, 0.4) is 0 Å². The molecule has 0 saturated carbocycles. The lowest BCUT2D eigenvalue weighted by Gasteiger charge is -2.32. The maximum absolute atomic E-state index is 12.8. The van der Waals surface area contributed by atoms with Crippen LogP contribution in [0, 0.1) is 0 Å². The summed E-state index contributed by atoms with van der Waals surface area (Å²) in [4.78, 5) is 18.3. The van der Waals surface area contributed by atoms with Gasteiger partial charge in [-0.05, 0) is 53.3 Å². The molecule has 1 unspecified atom stereocenters. The highest BCUT2D eigenvalue weighted by Crippen LogP contribution is 2.35. The smallest absolute Gasteiger partial charge is 0.319 e. The van der Waals surface area contributed by atoms with E-state index < -0.39 is 0 Å². The molecule has 1 aliphatic heterocycles. The number of ether oxygens (including phenoxy) is 1. The summed E-state index contributed by atoms with van der Waals surface area (Å²) in [6, 6.07) is 23.9. The molecule has 6 nitrogen and oxygen atoms in total. The van der Waals surface area contributed by atoms with Crippen LogP contribution in [-0.2, 0) is 6.54 Å². The molecule has 0 bridgehead atoms. The van der Waals surface area contributed by atoms with E-state index in [0.29, 0.717) is 13.0 Å². The molecule has 2 heterocycles. The van der Waals surface area contributed by atoms with Crippen LogP contribution in [0.1, 0.15) is 23.6 Å². The Morgan fingerprint density at radius 1 is 1.12 bits per heavy atom. The van der Waals surface area contributed by atoms with Gasteiger partial charge in [-0.2, -0.15) is 0 Å². The number of carbonyl (C=O) groups is 1. The Labute approximate surface area is 199 Å². The quantitative estimate of drug-likeness (QED) is 0.301. The zero-order chi connectivity index (χ0) is 23.3. The van der Waals surface area contributed by atoms with Gasteiger partial charge in [0.1, 0.15) is 12.4 Å². The minimum atomic E-state index is -0.257. The molecule has 172 valence electrons. The summed E-state index contributed by atoms with van der Waals surface area (Å²) in [5.41, 5.74) is 5.02. The fourth-order valence-electron chi connectivity index (χ4n) is 4.37. The van der Waals surface area contributed by atoms with Gasteiger partial charge in [0.25, 0.3) is 0 Å². The number of nitrogens with one attached hydrogen (secondary N) is 3. The first-order valence-corrected chi connectivity index (χ1v) is 11.5. The lowest BCUT2D eigenvalue weighted by Crippen LogP contribution is -2.34. The van der Waals surface area contributed by atoms with Crippen LogP contribution in [0.4, 0.5) is 16.2 Å². The third-order valence-corrected chi connectivity index (χ3v) is 6.08. The average molecular weight is 453 g/mol. The molecule has 4 aromatic rings. The highest BCUT2D eigenvalue weighted by atomic mass is 16.5. The Kier molecular flexibility index (Phi) is 6.21. The third kappa shape index (κ3) is 4.76. The standard InChI is InChI=1S/C28H28N4O2/c1-2-6-24(31-28(33)30-23-11-9-21-13-14-29-25(21)18-23)22-10-12-27-26(17-22)32(15-16-34-27)19-20-7-4-3-5-8-20/h2-5,7-14,17-18,24,29H,1,6,15-16,19H2,(H2,30,31,33). The zero-order valence-electron chi connectivity index (χ0n) is 19.0. The molecule has 6 heteroatoms. The Bertz CT molecular complexity index is 1300. The number of urea groups is 1.